The van der Waals surface area contributed by atoms with Crippen molar-refractivity contribution >= 4 is 28.3 Å². The van der Waals surface area contributed by atoms with Crippen LogP contribution in [0.25, 0.3) is 0 Å². The number of carbonyl (C=O) groups excluding carboxylic acids is 1. The molecule has 0 radical (unpaired) electrons. The van der Waals surface area contributed by atoms with E-state index in [1.807, 2.05) is 0 Å². The number of aromatic nitrogens is 4. The summed E-state index contributed by atoms with van der Waals surface area (Å²) < 4.78 is 1.23. The van der Waals surface area contributed by atoms with E-state index in [0.717, 1.165) is 0 Å². The van der Waals surface area contributed by atoms with Gasteiger partial charge in [-0.15, -0.1) is 16.4 Å². The summed E-state index contributed by atoms with van der Waals surface area (Å²) in [6, 6.07) is 0. The first-order valence-corrected chi connectivity index (χ1v) is 5.78. The molecule has 0 aromatic carbocycles. The van der Waals surface area contributed by atoms with E-state index in [1.54, 1.807) is 18.5 Å². The Hall–Kier alpha value is -2.29. The van der Waals surface area contributed by atoms with Crippen LogP contribution in [-0.4, -0.2) is 37.0 Å². The number of nitrogens with one attached hydrogen (secondary N) is 1. The molecule has 0 saturated heterocycles. The summed E-state index contributed by atoms with van der Waals surface area (Å²) in [6.45, 7) is 1.44. The van der Waals surface area contributed by atoms with E-state index in [0.29, 0.717) is 10.8 Å². The van der Waals surface area contributed by atoms with Gasteiger partial charge in [-0.25, -0.2) is 14.5 Å². The second-order valence-electron chi connectivity index (χ2n) is 3.37. The van der Waals surface area contributed by atoms with Crippen LogP contribution in [0.2, 0.25) is 0 Å². The predicted molar refractivity (Wildman–Crippen MR) is 62.5 cm³/mol. The largest absolute Gasteiger partial charge is 0.476 e. The minimum absolute atomic E-state index is 0.105. The SMILES string of the molecule is Cc1c(C(=O)O)nnn1CC(=O)Nc1nccs1. The molecule has 2 rings (SSSR count). The highest BCUT2D eigenvalue weighted by Crippen LogP contribution is 2.10. The van der Waals surface area contributed by atoms with E-state index in [4.69, 9.17) is 5.11 Å². The van der Waals surface area contributed by atoms with Gasteiger partial charge in [0.1, 0.15) is 6.54 Å². The molecule has 0 atom stereocenters. The molecule has 2 heterocycles. The molecule has 0 aliphatic heterocycles. The van der Waals surface area contributed by atoms with E-state index in [2.05, 4.69) is 20.6 Å². The molecule has 0 fully saturated rings. The van der Waals surface area contributed by atoms with Gasteiger partial charge in [0.2, 0.25) is 5.91 Å². The zero-order valence-electron chi connectivity index (χ0n) is 9.32. The number of carboxylic acid groups (broad SMARTS) is 1. The van der Waals surface area contributed by atoms with Crippen LogP contribution in [0.15, 0.2) is 11.6 Å². The van der Waals surface area contributed by atoms with Gasteiger partial charge in [0.05, 0.1) is 5.69 Å². The summed E-state index contributed by atoms with van der Waals surface area (Å²) in [4.78, 5) is 26.3. The summed E-state index contributed by atoms with van der Waals surface area (Å²) in [5, 5.41) is 20.7. The Labute approximate surface area is 105 Å². The first kappa shape index (κ1) is 12.2. The first-order chi connectivity index (χ1) is 8.58. The second-order valence-corrected chi connectivity index (χ2v) is 4.27. The summed E-state index contributed by atoms with van der Waals surface area (Å²) in [5.74, 6) is -1.51. The third kappa shape index (κ3) is 2.51. The van der Waals surface area contributed by atoms with Crippen LogP contribution in [0.5, 0.6) is 0 Å². The molecular formula is C9H9N5O3S. The lowest BCUT2D eigenvalue weighted by atomic mass is 10.3. The van der Waals surface area contributed by atoms with Gasteiger partial charge in [0.15, 0.2) is 10.8 Å². The molecule has 0 spiro atoms. The van der Waals surface area contributed by atoms with Gasteiger partial charge in [-0.1, -0.05) is 5.21 Å². The van der Waals surface area contributed by atoms with Gasteiger partial charge in [0, 0.05) is 11.6 Å². The van der Waals surface area contributed by atoms with Crippen molar-refractivity contribution in [2.45, 2.75) is 13.5 Å². The maximum absolute atomic E-state index is 11.6. The zero-order chi connectivity index (χ0) is 13.1. The summed E-state index contributed by atoms with van der Waals surface area (Å²) >= 11 is 1.29. The lowest BCUT2D eigenvalue weighted by Crippen LogP contribution is -2.20. The minimum atomic E-state index is -1.17. The maximum atomic E-state index is 11.6. The number of thiazole rings is 1. The molecule has 0 unspecified atom stereocenters. The molecule has 0 aliphatic carbocycles. The highest BCUT2D eigenvalue weighted by atomic mass is 32.1. The Morgan fingerprint density at radius 3 is 2.89 bits per heavy atom. The Balaban J connectivity index is 2.05. The molecule has 0 bridgehead atoms. The molecule has 9 heteroatoms. The number of carbonyl (C=O) groups is 2. The molecule has 94 valence electrons. The topological polar surface area (TPSA) is 110 Å². The Bertz CT molecular complexity index is 577. The quantitative estimate of drug-likeness (QED) is 0.828. The Morgan fingerprint density at radius 1 is 1.56 bits per heavy atom. The maximum Gasteiger partial charge on any atom is 0.358 e. The van der Waals surface area contributed by atoms with E-state index < -0.39 is 5.97 Å². The lowest BCUT2D eigenvalue weighted by Gasteiger charge is -2.03. The number of hydrogen-bond donors (Lipinski definition) is 2. The van der Waals surface area contributed by atoms with Gasteiger partial charge in [-0.2, -0.15) is 0 Å². The van der Waals surface area contributed by atoms with Crippen molar-refractivity contribution in [3.05, 3.63) is 23.0 Å². The normalized spacial score (nSPS) is 10.3. The van der Waals surface area contributed by atoms with Gasteiger partial charge in [0.25, 0.3) is 0 Å². The van der Waals surface area contributed by atoms with Crippen LogP contribution in [0.1, 0.15) is 16.2 Å². The number of nitrogens with zero attached hydrogens (tertiary/aromatic N) is 4. The monoisotopic (exact) mass is 267 g/mol. The highest BCUT2D eigenvalue weighted by Gasteiger charge is 2.16. The molecule has 8 nitrogen and oxygen atoms in total. The molecule has 0 saturated carbocycles. The molecule has 18 heavy (non-hydrogen) atoms. The Kier molecular flexibility index (Phi) is 3.33. The minimum Gasteiger partial charge on any atom is -0.476 e. The van der Waals surface area contributed by atoms with Crippen LogP contribution < -0.4 is 5.32 Å². The number of carboxylic acids is 1. The lowest BCUT2D eigenvalue weighted by molar-refractivity contribution is -0.117. The fraction of sp³-hybridized carbons (Fsp3) is 0.222. The third-order valence-corrected chi connectivity index (χ3v) is 2.85. The van der Waals surface area contributed by atoms with Crippen molar-refractivity contribution in [3.63, 3.8) is 0 Å². The van der Waals surface area contributed by atoms with Gasteiger partial charge in [-0.3, -0.25) is 4.79 Å². The van der Waals surface area contributed by atoms with Crippen LogP contribution in [0.3, 0.4) is 0 Å². The van der Waals surface area contributed by atoms with E-state index in [-0.39, 0.29) is 18.1 Å². The predicted octanol–water partition coefficient (Wildman–Crippen LogP) is 0.380. The summed E-state index contributed by atoms with van der Waals surface area (Å²) in [5.41, 5.74) is 0.175. The fourth-order valence-electron chi connectivity index (χ4n) is 1.29. The fourth-order valence-corrected chi connectivity index (χ4v) is 1.83. The molecule has 2 aromatic rings. The van der Waals surface area contributed by atoms with Crippen molar-refractivity contribution in [1.82, 2.24) is 20.0 Å². The average molecular weight is 267 g/mol. The number of anilines is 1. The number of hydrogen-bond acceptors (Lipinski definition) is 6. The van der Waals surface area contributed by atoms with Gasteiger partial charge < -0.3 is 10.4 Å². The van der Waals surface area contributed by atoms with Crippen molar-refractivity contribution in [1.29, 1.82) is 0 Å². The molecule has 2 N–H and O–H groups in total. The summed E-state index contributed by atoms with van der Waals surface area (Å²) in [6.07, 6.45) is 1.57. The molecule has 0 aliphatic rings. The molecule has 2 aromatic heterocycles. The second kappa shape index (κ2) is 4.92. The highest BCUT2D eigenvalue weighted by molar-refractivity contribution is 7.13. The van der Waals surface area contributed by atoms with E-state index in [9.17, 15) is 9.59 Å². The van der Waals surface area contributed by atoms with Crippen LogP contribution >= 0.6 is 11.3 Å². The van der Waals surface area contributed by atoms with Crippen molar-refractivity contribution in [2.75, 3.05) is 5.32 Å². The standard InChI is InChI=1S/C9H9N5O3S/c1-5-7(8(16)17)12-13-14(5)4-6(15)11-9-10-2-3-18-9/h2-3H,4H2,1H3,(H,16,17)(H,10,11,15). The summed E-state index contributed by atoms with van der Waals surface area (Å²) in [7, 11) is 0. The van der Waals surface area contributed by atoms with Gasteiger partial charge >= 0.3 is 5.97 Å². The molecule has 1 amide bonds. The number of aromatic carboxylic acids is 1. The smallest absolute Gasteiger partial charge is 0.358 e. The first-order valence-electron chi connectivity index (χ1n) is 4.90. The van der Waals surface area contributed by atoms with Crippen molar-refractivity contribution in [2.24, 2.45) is 0 Å². The van der Waals surface area contributed by atoms with Crippen LogP contribution in [0.4, 0.5) is 5.13 Å². The van der Waals surface area contributed by atoms with Crippen molar-refractivity contribution in [3.8, 4) is 0 Å². The van der Waals surface area contributed by atoms with Crippen LogP contribution in [-0.2, 0) is 11.3 Å². The van der Waals surface area contributed by atoms with E-state index in [1.165, 1.54) is 16.0 Å². The van der Waals surface area contributed by atoms with E-state index >= 15 is 0 Å². The molecular weight excluding hydrogens is 258 g/mol. The van der Waals surface area contributed by atoms with Crippen molar-refractivity contribution < 1.29 is 14.7 Å². The zero-order valence-corrected chi connectivity index (χ0v) is 10.1. The number of rotatable bonds is 4. The third-order valence-electron chi connectivity index (χ3n) is 2.16. The average Bonchev–Trinajstić information content (AvgIpc) is 2.90. The number of amides is 1. The van der Waals surface area contributed by atoms with Crippen LogP contribution in [0, 0.1) is 6.92 Å². The van der Waals surface area contributed by atoms with Gasteiger partial charge in [-0.05, 0) is 6.92 Å². The Morgan fingerprint density at radius 2 is 2.33 bits per heavy atom.